The molecule has 0 spiro atoms. The lowest BCUT2D eigenvalue weighted by molar-refractivity contribution is 0.574. The molecule has 0 unspecified atom stereocenters. The number of nitriles is 1. The van der Waals surface area contributed by atoms with E-state index in [-0.39, 0.29) is 16.5 Å². The molecule has 0 saturated carbocycles. The lowest BCUT2D eigenvalue weighted by atomic mass is 10.0. The fourth-order valence-electron chi connectivity index (χ4n) is 2.80. The van der Waals surface area contributed by atoms with E-state index < -0.39 is 17.5 Å². The normalized spacial score (nSPS) is 10.1. The zero-order chi connectivity index (χ0) is 19.4. The van der Waals surface area contributed by atoms with Gasteiger partial charge in [-0.15, -0.1) is 6.58 Å². The molecule has 3 rings (SSSR count). The third-order valence-corrected chi connectivity index (χ3v) is 4.18. The first-order valence-corrected chi connectivity index (χ1v) is 8.27. The summed E-state index contributed by atoms with van der Waals surface area (Å²) < 4.78 is 42.8. The minimum Gasteiger partial charge on any atom is -0.206 e. The maximum atomic E-state index is 14.3. The van der Waals surface area contributed by atoms with Gasteiger partial charge in [-0.25, -0.2) is 13.2 Å². The Labute approximate surface area is 155 Å². The largest absolute Gasteiger partial charge is 0.206 e. The second kappa shape index (κ2) is 7.81. The molecule has 0 aliphatic carbocycles. The molecule has 0 atom stereocenters. The highest BCUT2D eigenvalue weighted by atomic mass is 19.1. The Hall–Kier alpha value is -3.50. The molecule has 1 nitrogen and oxygen atoms in total. The molecule has 132 valence electrons. The molecule has 27 heavy (non-hydrogen) atoms. The number of nitrogens with zero attached hydrogens (tertiary/aromatic N) is 1. The topological polar surface area (TPSA) is 23.8 Å². The van der Waals surface area contributed by atoms with Crippen LogP contribution in [-0.2, 0) is 6.42 Å². The van der Waals surface area contributed by atoms with Gasteiger partial charge in [-0.05, 0) is 42.7 Å². The van der Waals surface area contributed by atoms with Gasteiger partial charge < -0.3 is 0 Å². The van der Waals surface area contributed by atoms with Crippen molar-refractivity contribution in [2.75, 3.05) is 0 Å². The van der Waals surface area contributed by atoms with Gasteiger partial charge in [-0.3, -0.25) is 0 Å². The van der Waals surface area contributed by atoms with Crippen LogP contribution in [0.2, 0.25) is 0 Å². The van der Waals surface area contributed by atoms with Crippen LogP contribution in [0.1, 0.15) is 28.7 Å². The number of hydrogen-bond donors (Lipinski definition) is 0. The lowest BCUT2D eigenvalue weighted by Crippen LogP contribution is -1.95. The van der Waals surface area contributed by atoms with Crippen LogP contribution in [-0.4, -0.2) is 0 Å². The number of allylic oxidation sites excluding steroid dienone is 1. The molecule has 3 aromatic carbocycles. The van der Waals surface area contributed by atoms with Gasteiger partial charge >= 0.3 is 0 Å². The second-order valence-electron chi connectivity index (χ2n) is 5.95. The van der Waals surface area contributed by atoms with Crippen LogP contribution in [0.25, 0.3) is 10.8 Å². The van der Waals surface area contributed by atoms with Crippen LogP contribution in [0.4, 0.5) is 13.2 Å². The standard InChI is InChI=1S/C23H14F3N/c1-2-3-5-15-12-21(24)20(22(25)13-15)11-8-16-6-4-7-19-18(16)10-9-17(14-27)23(19)26/h2,4,6-7,9-10,12-13H,1,3,5H2. The summed E-state index contributed by atoms with van der Waals surface area (Å²) in [6.07, 6.45) is 2.80. The van der Waals surface area contributed by atoms with Crippen molar-refractivity contribution in [3.63, 3.8) is 0 Å². The van der Waals surface area contributed by atoms with E-state index in [2.05, 4.69) is 18.4 Å². The molecule has 0 amide bonds. The van der Waals surface area contributed by atoms with Crippen molar-refractivity contribution in [3.8, 4) is 17.9 Å². The summed E-state index contributed by atoms with van der Waals surface area (Å²) in [5.74, 6) is 3.12. The van der Waals surface area contributed by atoms with Gasteiger partial charge in [-0.1, -0.05) is 36.1 Å². The van der Waals surface area contributed by atoms with Crippen molar-refractivity contribution in [3.05, 3.63) is 94.8 Å². The first kappa shape index (κ1) is 18.3. The van der Waals surface area contributed by atoms with Gasteiger partial charge in [-0.2, -0.15) is 5.26 Å². The first-order valence-electron chi connectivity index (χ1n) is 8.27. The number of benzene rings is 3. The lowest BCUT2D eigenvalue weighted by Gasteiger charge is -2.04. The Morgan fingerprint density at radius 1 is 0.926 bits per heavy atom. The predicted molar refractivity (Wildman–Crippen MR) is 99.5 cm³/mol. The summed E-state index contributed by atoms with van der Waals surface area (Å²) in [5, 5.41) is 9.64. The molecular weight excluding hydrogens is 347 g/mol. The Bertz CT molecular complexity index is 1120. The summed E-state index contributed by atoms with van der Waals surface area (Å²) in [6.45, 7) is 3.59. The zero-order valence-corrected chi connectivity index (χ0v) is 14.3. The molecule has 0 saturated heterocycles. The Morgan fingerprint density at radius 2 is 1.67 bits per heavy atom. The van der Waals surface area contributed by atoms with Gasteiger partial charge in [0.2, 0.25) is 0 Å². The molecule has 0 aromatic heterocycles. The fraction of sp³-hybridized carbons (Fsp3) is 0.0870. The minimum absolute atomic E-state index is 0.0696. The molecule has 3 aromatic rings. The van der Waals surface area contributed by atoms with E-state index in [1.807, 2.05) is 0 Å². The average Bonchev–Trinajstić information content (AvgIpc) is 2.66. The van der Waals surface area contributed by atoms with Crippen LogP contribution in [0.5, 0.6) is 0 Å². The van der Waals surface area contributed by atoms with Crippen molar-refractivity contribution in [1.29, 1.82) is 5.26 Å². The highest BCUT2D eigenvalue weighted by Crippen LogP contribution is 2.24. The number of fused-ring (bicyclic) bond motifs is 1. The van der Waals surface area contributed by atoms with Crippen LogP contribution >= 0.6 is 0 Å². The number of hydrogen-bond acceptors (Lipinski definition) is 1. The van der Waals surface area contributed by atoms with Crippen molar-refractivity contribution >= 4 is 10.8 Å². The van der Waals surface area contributed by atoms with Crippen LogP contribution < -0.4 is 0 Å². The van der Waals surface area contributed by atoms with E-state index in [0.717, 1.165) is 0 Å². The van der Waals surface area contributed by atoms with E-state index in [0.29, 0.717) is 29.4 Å². The summed E-state index contributed by atoms with van der Waals surface area (Å²) in [6, 6.07) is 12.0. The van der Waals surface area contributed by atoms with Gasteiger partial charge in [0.1, 0.15) is 23.5 Å². The second-order valence-corrected chi connectivity index (χ2v) is 5.95. The summed E-state index contributed by atoms with van der Waals surface area (Å²) in [4.78, 5) is 0. The molecule has 0 bridgehead atoms. The minimum atomic E-state index is -0.736. The van der Waals surface area contributed by atoms with E-state index in [9.17, 15) is 13.2 Å². The van der Waals surface area contributed by atoms with Crippen LogP contribution in [0.15, 0.2) is 55.1 Å². The van der Waals surface area contributed by atoms with E-state index in [4.69, 9.17) is 5.26 Å². The zero-order valence-electron chi connectivity index (χ0n) is 14.3. The highest BCUT2D eigenvalue weighted by molar-refractivity contribution is 5.90. The number of aryl methyl sites for hydroxylation is 1. The third-order valence-electron chi connectivity index (χ3n) is 4.18. The fourth-order valence-corrected chi connectivity index (χ4v) is 2.80. The maximum absolute atomic E-state index is 14.3. The number of rotatable bonds is 3. The van der Waals surface area contributed by atoms with E-state index in [1.54, 1.807) is 30.3 Å². The molecule has 4 heteroatoms. The van der Waals surface area contributed by atoms with Gasteiger partial charge in [0, 0.05) is 16.3 Å². The number of halogens is 3. The Balaban J connectivity index is 2.05. The monoisotopic (exact) mass is 361 g/mol. The van der Waals surface area contributed by atoms with E-state index >= 15 is 0 Å². The SMILES string of the molecule is C=CCCc1cc(F)c(C#Cc2cccc3c(F)c(C#N)ccc23)c(F)c1. The van der Waals surface area contributed by atoms with Crippen molar-refractivity contribution in [1.82, 2.24) is 0 Å². The molecule has 0 heterocycles. The maximum Gasteiger partial charge on any atom is 0.148 e. The highest BCUT2D eigenvalue weighted by Gasteiger charge is 2.11. The van der Waals surface area contributed by atoms with E-state index in [1.165, 1.54) is 24.3 Å². The van der Waals surface area contributed by atoms with Gasteiger partial charge in [0.15, 0.2) is 0 Å². The summed E-state index contributed by atoms with van der Waals surface area (Å²) in [5.41, 5.74) is 0.556. The molecule has 0 fully saturated rings. The van der Waals surface area contributed by atoms with Crippen LogP contribution in [0.3, 0.4) is 0 Å². The predicted octanol–water partition coefficient (Wildman–Crippen LogP) is 5.65. The van der Waals surface area contributed by atoms with Gasteiger partial charge in [0.25, 0.3) is 0 Å². The quantitative estimate of drug-likeness (QED) is 0.437. The van der Waals surface area contributed by atoms with Crippen molar-refractivity contribution in [2.24, 2.45) is 0 Å². The molecular formula is C23H14F3N. The Kier molecular flexibility index (Phi) is 5.29. The summed E-state index contributed by atoms with van der Waals surface area (Å²) >= 11 is 0. The molecule has 0 aliphatic rings. The summed E-state index contributed by atoms with van der Waals surface area (Å²) in [7, 11) is 0. The van der Waals surface area contributed by atoms with Gasteiger partial charge in [0.05, 0.1) is 11.1 Å². The molecule has 0 radical (unpaired) electrons. The smallest absolute Gasteiger partial charge is 0.148 e. The van der Waals surface area contributed by atoms with Crippen LogP contribution in [0, 0.1) is 40.6 Å². The molecule has 0 N–H and O–H groups in total. The van der Waals surface area contributed by atoms with Crippen molar-refractivity contribution in [2.45, 2.75) is 12.8 Å². The Morgan fingerprint density at radius 3 is 2.33 bits per heavy atom. The molecule has 0 aliphatic heterocycles. The van der Waals surface area contributed by atoms with Crippen molar-refractivity contribution < 1.29 is 13.2 Å². The third kappa shape index (κ3) is 3.71. The average molecular weight is 361 g/mol. The first-order chi connectivity index (χ1) is 13.0.